The molecule has 2 N–H and O–H groups in total. The Morgan fingerprint density at radius 3 is 3.00 bits per heavy atom. The van der Waals surface area contributed by atoms with Crippen molar-refractivity contribution in [2.75, 3.05) is 5.32 Å². The van der Waals surface area contributed by atoms with E-state index in [0.717, 1.165) is 5.01 Å². The first-order valence-electron chi connectivity index (χ1n) is 5.22. The van der Waals surface area contributed by atoms with Crippen molar-refractivity contribution in [2.45, 2.75) is 12.0 Å². The van der Waals surface area contributed by atoms with Gasteiger partial charge in [0.2, 0.25) is 0 Å². The Morgan fingerprint density at radius 2 is 2.24 bits per heavy atom. The summed E-state index contributed by atoms with van der Waals surface area (Å²) < 4.78 is 0. The van der Waals surface area contributed by atoms with Gasteiger partial charge in [0.25, 0.3) is 5.91 Å². The number of thiazole rings is 1. The molecule has 2 aromatic rings. The van der Waals surface area contributed by atoms with Gasteiger partial charge in [-0.15, -0.1) is 11.3 Å². The second kappa shape index (κ2) is 3.65. The van der Waals surface area contributed by atoms with Gasteiger partial charge in [0.05, 0.1) is 5.01 Å². The summed E-state index contributed by atoms with van der Waals surface area (Å²) in [5.74, 6) is -0.381. The maximum Gasteiger partial charge on any atom is 0.261 e. The molecule has 1 amide bonds. The highest BCUT2D eigenvalue weighted by molar-refractivity contribution is 7.09. The van der Waals surface area contributed by atoms with Crippen LogP contribution in [0.3, 0.4) is 0 Å². The van der Waals surface area contributed by atoms with Crippen LogP contribution in [-0.4, -0.2) is 16.0 Å². The number of nitrogens with one attached hydrogen (secondary N) is 1. The predicted octanol–water partition coefficient (Wildman–Crippen LogP) is 1.53. The molecule has 1 aromatic heterocycles. The molecule has 5 heteroatoms. The van der Waals surface area contributed by atoms with Crippen LogP contribution in [0.4, 0.5) is 5.69 Å². The van der Waals surface area contributed by atoms with E-state index in [1.54, 1.807) is 18.3 Å². The van der Waals surface area contributed by atoms with Crippen LogP contribution < -0.4 is 5.32 Å². The average Bonchev–Trinajstić information content (AvgIpc) is 2.89. The lowest BCUT2D eigenvalue weighted by Crippen LogP contribution is -2.36. The number of hydrogen-bond acceptors (Lipinski definition) is 4. The molecule has 86 valence electrons. The minimum atomic E-state index is -1.49. The summed E-state index contributed by atoms with van der Waals surface area (Å²) in [7, 11) is 0. The van der Waals surface area contributed by atoms with E-state index in [1.165, 1.54) is 11.3 Å². The third-order valence-electron chi connectivity index (χ3n) is 2.89. The number of rotatable bonds is 2. The fourth-order valence-corrected chi connectivity index (χ4v) is 2.73. The molecule has 0 saturated carbocycles. The van der Waals surface area contributed by atoms with E-state index in [1.807, 2.05) is 17.5 Å². The third-order valence-corrected chi connectivity index (χ3v) is 3.67. The van der Waals surface area contributed by atoms with E-state index in [2.05, 4.69) is 10.3 Å². The van der Waals surface area contributed by atoms with Gasteiger partial charge in [0.1, 0.15) is 0 Å². The quantitative estimate of drug-likeness (QED) is 0.844. The highest BCUT2D eigenvalue weighted by Gasteiger charge is 2.45. The molecular formula is C12H10N2O2S. The Bertz CT molecular complexity index is 568. The van der Waals surface area contributed by atoms with E-state index in [4.69, 9.17) is 0 Å². The lowest BCUT2D eigenvalue weighted by Gasteiger charge is -2.19. The number of anilines is 1. The summed E-state index contributed by atoms with van der Waals surface area (Å²) in [6.07, 6.45) is 1.88. The lowest BCUT2D eigenvalue weighted by atomic mass is 9.92. The van der Waals surface area contributed by atoms with Crippen molar-refractivity contribution >= 4 is 22.9 Å². The Balaban J connectivity index is 2.04. The smallest absolute Gasteiger partial charge is 0.261 e. The first kappa shape index (κ1) is 10.4. The number of nitrogens with zero attached hydrogens (tertiary/aromatic N) is 1. The van der Waals surface area contributed by atoms with Crippen molar-refractivity contribution in [3.8, 4) is 0 Å². The zero-order valence-corrected chi connectivity index (χ0v) is 9.70. The molecule has 17 heavy (non-hydrogen) atoms. The van der Waals surface area contributed by atoms with Crippen LogP contribution in [0, 0.1) is 0 Å². The number of benzene rings is 1. The van der Waals surface area contributed by atoms with Gasteiger partial charge in [-0.25, -0.2) is 4.98 Å². The summed E-state index contributed by atoms with van der Waals surface area (Å²) in [5.41, 5.74) is -0.189. The van der Waals surface area contributed by atoms with Crippen LogP contribution in [0.25, 0.3) is 0 Å². The molecule has 0 fully saturated rings. The number of aromatic nitrogens is 1. The van der Waals surface area contributed by atoms with Gasteiger partial charge in [-0.3, -0.25) is 4.79 Å². The Kier molecular flexibility index (Phi) is 2.24. The fraction of sp³-hybridized carbons (Fsp3) is 0.167. The maximum atomic E-state index is 11.9. The Hall–Kier alpha value is -1.72. The molecule has 1 atom stereocenters. The Labute approximate surface area is 102 Å². The summed E-state index contributed by atoms with van der Waals surface area (Å²) in [6.45, 7) is 0. The van der Waals surface area contributed by atoms with Crippen molar-refractivity contribution in [1.29, 1.82) is 0 Å². The topological polar surface area (TPSA) is 62.2 Å². The number of aliphatic hydroxyl groups is 1. The third kappa shape index (κ3) is 1.55. The molecule has 0 bridgehead atoms. The van der Waals surface area contributed by atoms with Crippen LogP contribution in [0.2, 0.25) is 0 Å². The van der Waals surface area contributed by atoms with Gasteiger partial charge >= 0.3 is 0 Å². The zero-order valence-electron chi connectivity index (χ0n) is 8.88. The highest BCUT2D eigenvalue weighted by Crippen LogP contribution is 2.38. The van der Waals surface area contributed by atoms with Crippen LogP contribution in [0.1, 0.15) is 10.6 Å². The van der Waals surface area contributed by atoms with Crippen LogP contribution in [0.5, 0.6) is 0 Å². The first-order chi connectivity index (χ1) is 8.20. The molecule has 2 heterocycles. The van der Waals surface area contributed by atoms with Gasteiger partial charge in [-0.2, -0.15) is 0 Å². The fourth-order valence-electron chi connectivity index (χ4n) is 2.04. The predicted molar refractivity (Wildman–Crippen MR) is 64.8 cm³/mol. The van der Waals surface area contributed by atoms with Gasteiger partial charge in [-0.1, -0.05) is 18.2 Å². The van der Waals surface area contributed by atoms with E-state index in [9.17, 15) is 9.90 Å². The van der Waals surface area contributed by atoms with Gasteiger partial charge in [0, 0.05) is 29.2 Å². The van der Waals surface area contributed by atoms with E-state index < -0.39 is 5.60 Å². The molecule has 4 nitrogen and oxygen atoms in total. The molecule has 1 aromatic carbocycles. The summed E-state index contributed by atoms with van der Waals surface area (Å²) >= 11 is 1.43. The molecule has 0 spiro atoms. The van der Waals surface area contributed by atoms with Crippen molar-refractivity contribution in [1.82, 2.24) is 4.98 Å². The Morgan fingerprint density at radius 1 is 1.41 bits per heavy atom. The molecule has 0 aliphatic carbocycles. The number of para-hydroxylation sites is 1. The molecular weight excluding hydrogens is 236 g/mol. The molecule has 1 aliphatic rings. The van der Waals surface area contributed by atoms with Crippen molar-refractivity contribution < 1.29 is 9.90 Å². The lowest BCUT2D eigenvalue weighted by molar-refractivity contribution is -0.133. The molecule has 0 radical (unpaired) electrons. The normalized spacial score (nSPS) is 22.3. The molecule has 1 aliphatic heterocycles. The summed E-state index contributed by atoms with van der Waals surface area (Å²) in [6, 6.07) is 7.19. The van der Waals surface area contributed by atoms with E-state index >= 15 is 0 Å². The SMILES string of the molecule is O=C1Nc2ccccc2C1(O)Cc1nccs1. The largest absolute Gasteiger partial charge is 0.375 e. The number of hydrogen-bond donors (Lipinski definition) is 2. The minimum absolute atomic E-state index is 0.216. The number of fused-ring (bicyclic) bond motifs is 1. The van der Waals surface area contributed by atoms with E-state index in [-0.39, 0.29) is 12.3 Å². The van der Waals surface area contributed by atoms with Gasteiger partial charge in [-0.05, 0) is 6.07 Å². The summed E-state index contributed by atoms with van der Waals surface area (Å²) in [5, 5.41) is 15.8. The number of amides is 1. The van der Waals surface area contributed by atoms with Crippen LogP contribution in [-0.2, 0) is 16.8 Å². The standard InChI is InChI=1S/C12H10N2O2S/c15-11-12(16,7-10-13-5-6-17-10)8-3-1-2-4-9(8)14-11/h1-6,16H,7H2,(H,14,15). The average molecular weight is 246 g/mol. The summed E-state index contributed by atoms with van der Waals surface area (Å²) in [4.78, 5) is 16.0. The van der Waals surface area contributed by atoms with Crippen molar-refractivity contribution in [2.24, 2.45) is 0 Å². The highest BCUT2D eigenvalue weighted by atomic mass is 32.1. The zero-order chi connectivity index (χ0) is 11.9. The molecule has 1 unspecified atom stereocenters. The molecule has 3 rings (SSSR count). The van der Waals surface area contributed by atoms with Gasteiger partial charge < -0.3 is 10.4 Å². The second-order valence-corrected chi connectivity index (χ2v) is 4.94. The monoisotopic (exact) mass is 246 g/mol. The van der Waals surface area contributed by atoms with Crippen LogP contribution in [0.15, 0.2) is 35.8 Å². The van der Waals surface area contributed by atoms with Crippen LogP contribution >= 0.6 is 11.3 Å². The minimum Gasteiger partial charge on any atom is -0.375 e. The van der Waals surface area contributed by atoms with E-state index in [0.29, 0.717) is 11.3 Å². The van der Waals surface area contributed by atoms with Crippen molar-refractivity contribution in [3.05, 3.63) is 46.4 Å². The maximum absolute atomic E-state index is 11.9. The second-order valence-electron chi connectivity index (χ2n) is 3.96. The first-order valence-corrected chi connectivity index (χ1v) is 6.10. The molecule has 0 saturated heterocycles. The number of carbonyl (C=O) groups is 1. The van der Waals surface area contributed by atoms with Crippen molar-refractivity contribution in [3.63, 3.8) is 0 Å². The number of carbonyl (C=O) groups excluding carboxylic acids is 1. The van der Waals surface area contributed by atoms with Gasteiger partial charge in [0.15, 0.2) is 5.60 Å².